The van der Waals surface area contributed by atoms with Crippen molar-refractivity contribution < 1.29 is 4.79 Å². The fourth-order valence-corrected chi connectivity index (χ4v) is 5.24. The van der Waals surface area contributed by atoms with Gasteiger partial charge in [0.1, 0.15) is 5.69 Å². The number of unbranched alkanes of at least 4 members (excludes halogenated alkanes) is 4. The minimum Gasteiger partial charge on any atom is -0.339 e. The SMILES string of the molecule is CC.CCCCCN(CCCCC)C(=O)c1ccn2nc(-c3ccccc3)c(/C=C/CN3CCCCC3)c2c1. The number of nitrogens with zero attached hydrogens (tertiary/aromatic N) is 4. The number of hydrogen-bond donors (Lipinski definition) is 0. The summed E-state index contributed by atoms with van der Waals surface area (Å²) in [4.78, 5) is 18.2. The van der Waals surface area contributed by atoms with E-state index in [-0.39, 0.29) is 5.91 Å². The lowest BCUT2D eigenvalue weighted by Gasteiger charge is -2.24. The van der Waals surface area contributed by atoms with Crippen LogP contribution in [0.25, 0.3) is 22.9 Å². The van der Waals surface area contributed by atoms with Gasteiger partial charge in [-0.2, -0.15) is 5.10 Å². The molecule has 1 fully saturated rings. The molecule has 4 rings (SSSR count). The number of carbonyl (C=O) groups is 1. The third-order valence-electron chi connectivity index (χ3n) is 7.41. The second-order valence-electron chi connectivity index (χ2n) is 10.3. The monoisotopic (exact) mass is 530 g/mol. The van der Waals surface area contributed by atoms with Crippen molar-refractivity contribution in [3.63, 3.8) is 0 Å². The minimum atomic E-state index is 0.139. The number of fused-ring (bicyclic) bond motifs is 1. The fraction of sp³-hybridized carbons (Fsp3) is 0.529. The van der Waals surface area contributed by atoms with Crippen LogP contribution in [0.1, 0.15) is 101 Å². The number of amides is 1. The lowest BCUT2D eigenvalue weighted by atomic mass is 10.0. The minimum absolute atomic E-state index is 0.139. The van der Waals surface area contributed by atoms with Crippen molar-refractivity contribution in [2.45, 2.75) is 85.5 Å². The van der Waals surface area contributed by atoms with Crippen LogP contribution in [0.15, 0.2) is 54.7 Å². The zero-order valence-corrected chi connectivity index (χ0v) is 24.9. The Morgan fingerprint density at radius 2 is 1.59 bits per heavy atom. The van der Waals surface area contributed by atoms with E-state index in [0.717, 1.165) is 86.1 Å². The van der Waals surface area contributed by atoms with E-state index >= 15 is 0 Å². The van der Waals surface area contributed by atoms with Gasteiger partial charge < -0.3 is 4.90 Å². The summed E-state index contributed by atoms with van der Waals surface area (Å²) in [7, 11) is 0. The molecule has 0 aliphatic carbocycles. The molecule has 0 atom stereocenters. The Morgan fingerprint density at radius 3 is 2.23 bits per heavy atom. The van der Waals surface area contributed by atoms with E-state index in [1.807, 2.05) is 36.7 Å². The number of likely N-dealkylation sites (tertiary alicyclic amines) is 1. The maximum absolute atomic E-state index is 13.7. The van der Waals surface area contributed by atoms with Crippen molar-refractivity contribution in [1.29, 1.82) is 0 Å². The molecule has 1 aliphatic rings. The van der Waals surface area contributed by atoms with E-state index in [1.54, 1.807) is 0 Å². The predicted molar refractivity (Wildman–Crippen MR) is 166 cm³/mol. The highest BCUT2D eigenvalue weighted by molar-refractivity contribution is 5.96. The van der Waals surface area contributed by atoms with Gasteiger partial charge in [0.25, 0.3) is 5.91 Å². The van der Waals surface area contributed by atoms with Gasteiger partial charge >= 0.3 is 0 Å². The third kappa shape index (κ3) is 8.79. The van der Waals surface area contributed by atoms with Crippen LogP contribution in [0.3, 0.4) is 0 Å². The van der Waals surface area contributed by atoms with Gasteiger partial charge in [-0.3, -0.25) is 9.69 Å². The summed E-state index contributed by atoms with van der Waals surface area (Å²) < 4.78 is 1.93. The summed E-state index contributed by atoms with van der Waals surface area (Å²) in [5.41, 5.74) is 4.88. The quantitative estimate of drug-likeness (QED) is 0.209. The van der Waals surface area contributed by atoms with Crippen molar-refractivity contribution in [3.05, 3.63) is 65.9 Å². The molecule has 5 nitrogen and oxygen atoms in total. The highest BCUT2D eigenvalue weighted by atomic mass is 16.2. The van der Waals surface area contributed by atoms with Crippen LogP contribution < -0.4 is 0 Å². The van der Waals surface area contributed by atoms with Crippen molar-refractivity contribution in [1.82, 2.24) is 19.4 Å². The molecule has 3 aromatic rings. The summed E-state index contributed by atoms with van der Waals surface area (Å²) in [6, 6.07) is 14.4. The van der Waals surface area contributed by atoms with Crippen LogP contribution in [0, 0.1) is 0 Å². The summed E-state index contributed by atoms with van der Waals surface area (Å²) in [5, 5.41) is 4.94. The lowest BCUT2D eigenvalue weighted by Crippen LogP contribution is -2.33. The van der Waals surface area contributed by atoms with Gasteiger partial charge in [-0.25, -0.2) is 4.52 Å². The highest BCUT2D eigenvalue weighted by Gasteiger charge is 2.19. The van der Waals surface area contributed by atoms with Crippen LogP contribution in [-0.2, 0) is 0 Å². The van der Waals surface area contributed by atoms with Gasteiger partial charge in [-0.05, 0) is 50.9 Å². The molecule has 0 saturated carbocycles. The molecule has 2 aromatic heterocycles. The largest absolute Gasteiger partial charge is 0.339 e. The first kappa shape index (κ1) is 30.6. The molecule has 0 radical (unpaired) electrons. The average molecular weight is 531 g/mol. The number of carbonyl (C=O) groups excluding carboxylic acids is 1. The Morgan fingerprint density at radius 1 is 0.923 bits per heavy atom. The first-order chi connectivity index (χ1) is 19.2. The zero-order chi connectivity index (χ0) is 27.9. The lowest BCUT2D eigenvalue weighted by molar-refractivity contribution is 0.0749. The molecule has 0 unspecified atom stereocenters. The number of rotatable bonds is 13. The molecule has 0 bridgehead atoms. The van der Waals surface area contributed by atoms with Crippen LogP contribution in [0.2, 0.25) is 0 Å². The van der Waals surface area contributed by atoms with E-state index in [9.17, 15) is 4.79 Å². The van der Waals surface area contributed by atoms with Crippen LogP contribution >= 0.6 is 0 Å². The second kappa shape index (κ2) is 16.9. The molecule has 0 N–H and O–H groups in total. The number of piperidine rings is 1. The molecule has 39 heavy (non-hydrogen) atoms. The fourth-order valence-electron chi connectivity index (χ4n) is 5.24. The van der Waals surface area contributed by atoms with Gasteiger partial charge in [-0.15, -0.1) is 0 Å². The van der Waals surface area contributed by atoms with Crippen molar-refractivity contribution in [3.8, 4) is 11.3 Å². The molecule has 1 aliphatic heterocycles. The zero-order valence-electron chi connectivity index (χ0n) is 24.9. The van der Waals surface area contributed by atoms with Crippen LogP contribution in [-0.4, -0.2) is 58.0 Å². The number of pyridine rings is 1. The Kier molecular flexibility index (Phi) is 13.3. The first-order valence-electron chi connectivity index (χ1n) is 15.5. The molecule has 1 saturated heterocycles. The molecule has 3 heterocycles. The molecule has 1 aromatic carbocycles. The van der Waals surface area contributed by atoms with Crippen molar-refractivity contribution in [2.24, 2.45) is 0 Å². The number of hydrogen-bond acceptors (Lipinski definition) is 3. The van der Waals surface area contributed by atoms with E-state index in [0.29, 0.717) is 0 Å². The predicted octanol–water partition coefficient (Wildman–Crippen LogP) is 8.35. The molecule has 5 heteroatoms. The van der Waals surface area contributed by atoms with Gasteiger partial charge in [0.15, 0.2) is 0 Å². The van der Waals surface area contributed by atoms with Gasteiger partial charge in [0, 0.05) is 42.5 Å². The van der Waals surface area contributed by atoms with E-state index in [1.165, 1.54) is 32.4 Å². The smallest absolute Gasteiger partial charge is 0.253 e. The van der Waals surface area contributed by atoms with Gasteiger partial charge in [0.05, 0.1) is 5.52 Å². The normalized spacial score (nSPS) is 13.9. The Hall–Kier alpha value is -2.92. The first-order valence-corrected chi connectivity index (χ1v) is 15.5. The molecular formula is C34H50N4O. The molecular weight excluding hydrogens is 480 g/mol. The number of benzene rings is 1. The Labute approximate surface area is 236 Å². The summed E-state index contributed by atoms with van der Waals surface area (Å²) in [5.74, 6) is 0.139. The summed E-state index contributed by atoms with van der Waals surface area (Å²) in [6.07, 6.45) is 17.1. The molecule has 0 spiro atoms. The second-order valence-corrected chi connectivity index (χ2v) is 10.3. The van der Waals surface area contributed by atoms with E-state index in [2.05, 4.69) is 66.1 Å². The molecule has 212 valence electrons. The average Bonchev–Trinajstić information content (AvgIpc) is 3.36. The molecule has 1 amide bonds. The third-order valence-corrected chi connectivity index (χ3v) is 7.41. The van der Waals surface area contributed by atoms with E-state index < -0.39 is 0 Å². The summed E-state index contributed by atoms with van der Waals surface area (Å²) in [6.45, 7) is 13.4. The number of aromatic nitrogens is 2. The van der Waals surface area contributed by atoms with Gasteiger partial charge in [0.2, 0.25) is 0 Å². The van der Waals surface area contributed by atoms with Crippen molar-refractivity contribution >= 4 is 17.5 Å². The van der Waals surface area contributed by atoms with Crippen LogP contribution in [0.5, 0.6) is 0 Å². The maximum atomic E-state index is 13.7. The summed E-state index contributed by atoms with van der Waals surface area (Å²) >= 11 is 0. The van der Waals surface area contributed by atoms with Gasteiger partial charge in [-0.1, -0.05) is 102 Å². The Bertz CT molecular complexity index is 1130. The Balaban J connectivity index is 0.00000205. The maximum Gasteiger partial charge on any atom is 0.253 e. The highest BCUT2D eigenvalue weighted by Crippen LogP contribution is 2.28. The van der Waals surface area contributed by atoms with Crippen LogP contribution in [0.4, 0.5) is 0 Å². The topological polar surface area (TPSA) is 40.9 Å². The van der Waals surface area contributed by atoms with E-state index in [4.69, 9.17) is 5.10 Å². The van der Waals surface area contributed by atoms with Crippen molar-refractivity contribution in [2.75, 3.05) is 32.7 Å². The standard InChI is InChI=1S/C32H44N4O.C2H6/c1-3-5-11-23-35(24-12-6-4-2)32(37)28-19-25-36-30(26-28)29(18-15-22-34-20-13-8-14-21-34)31(33-36)27-16-9-7-10-17-27;1-2/h7,9-10,15-19,25-26H,3-6,8,11-14,20-24H2,1-2H3;1-2H3/b18-15+;.